The van der Waals surface area contributed by atoms with Gasteiger partial charge in [-0.3, -0.25) is 0 Å². The van der Waals surface area contributed by atoms with Gasteiger partial charge in [0.15, 0.2) is 0 Å². The smallest absolute Gasteiger partial charge is 0.139 e. The van der Waals surface area contributed by atoms with Crippen molar-refractivity contribution in [1.82, 2.24) is 9.97 Å². The van der Waals surface area contributed by atoms with Crippen molar-refractivity contribution in [1.29, 1.82) is 0 Å². The summed E-state index contributed by atoms with van der Waals surface area (Å²) in [7, 11) is 1.66. The number of aromatic amines is 1. The lowest BCUT2D eigenvalue weighted by atomic mass is 10.3. The second-order valence-electron chi connectivity index (χ2n) is 3.61. The number of benzene rings is 1. The molecule has 0 radical (unpaired) electrons. The largest absolute Gasteiger partial charge is 0.497 e. The minimum Gasteiger partial charge on any atom is -0.497 e. The summed E-state index contributed by atoms with van der Waals surface area (Å²) in [5.41, 5.74) is 3.03. The molecule has 17 heavy (non-hydrogen) atoms. The van der Waals surface area contributed by atoms with E-state index in [0.29, 0.717) is 0 Å². The summed E-state index contributed by atoms with van der Waals surface area (Å²) < 4.78 is 6.29. The average Bonchev–Trinajstić information content (AvgIpc) is 2.93. The number of fused-ring (bicyclic) bond motifs is 1. The zero-order chi connectivity index (χ0) is 11.8. The van der Waals surface area contributed by atoms with E-state index >= 15 is 0 Å². The van der Waals surface area contributed by atoms with Crippen LogP contribution in [0.2, 0.25) is 0 Å². The van der Waals surface area contributed by atoms with Crippen molar-refractivity contribution in [3.8, 4) is 17.1 Å². The van der Waals surface area contributed by atoms with Crippen molar-refractivity contribution in [3.05, 3.63) is 33.4 Å². The Morgan fingerprint density at radius 2 is 2.24 bits per heavy atom. The molecule has 5 heteroatoms. The lowest BCUT2D eigenvalue weighted by molar-refractivity contribution is 0.415. The molecule has 0 bridgehead atoms. The molecule has 1 N–H and O–H groups in total. The highest BCUT2D eigenvalue weighted by Crippen LogP contribution is 2.29. The van der Waals surface area contributed by atoms with Gasteiger partial charge in [0, 0.05) is 17.0 Å². The van der Waals surface area contributed by atoms with Gasteiger partial charge in [-0.25, -0.2) is 4.98 Å². The van der Waals surface area contributed by atoms with Crippen LogP contribution in [0, 0.1) is 0 Å². The summed E-state index contributed by atoms with van der Waals surface area (Å²) in [6.45, 7) is 0. The maximum Gasteiger partial charge on any atom is 0.139 e. The molecule has 2 aromatic heterocycles. The Balaban J connectivity index is 2.13. The van der Waals surface area contributed by atoms with Gasteiger partial charge < -0.3 is 9.72 Å². The summed E-state index contributed by atoms with van der Waals surface area (Å²) in [6.07, 6.45) is 0. The quantitative estimate of drug-likeness (QED) is 0.775. The van der Waals surface area contributed by atoms with E-state index in [9.17, 15) is 0 Å². The molecular weight excluding hydrogens is 300 g/mol. The molecule has 3 rings (SSSR count). The number of hydrogen-bond donors (Lipinski definition) is 1. The molecule has 0 saturated carbocycles. The number of nitrogens with one attached hydrogen (secondary N) is 1. The molecular formula is C12H9BrN2OS. The van der Waals surface area contributed by atoms with E-state index in [1.165, 1.54) is 0 Å². The molecule has 0 saturated heterocycles. The number of hydrogen-bond acceptors (Lipinski definition) is 3. The van der Waals surface area contributed by atoms with E-state index in [2.05, 4.69) is 37.3 Å². The van der Waals surface area contributed by atoms with E-state index in [1.54, 1.807) is 18.4 Å². The molecule has 3 nitrogen and oxygen atoms in total. The number of ether oxygens (including phenoxy) is 1. The van der Waals surface area contributed by atoms with Crippen LogP contribution in [0.5, 0.6) is 5.75 Å². The molecule has 86 valence electrons. The molecule has 1 aromatic carbocycles. The standard InChI is InChI=1S/C12H9BrN2OS/c1-16-8-2-3-9-10(5-8)15-12(14-9)7-4-11(13)17-6-7/h2-6H,1H3,(H,14,15). The highest BCUT2D eigenvalue weighted by molar-refractivity contribution is 9.11. The van der Waals surface area contributed by atoms with E-state index < -0.39 is 0 Å². The van der Waals surface area contributed by atoms with Crippen molar-refractivity contribution in [2.75, 3.05) is 7.11 Å². The maximum atomic E-state index is 5.19. The number of imidazole rings is 1. The molecule has 0 unspecified atom stereocenters. The third-order valence-corrected chi connectivity index (χ3v) is 4.03. The van der Waals surface area contributed by atoms with Crippen LogP contribution in [0.4, 0.5) is 0 Å². The summed E-state index contributed by atoms with van der Waals surface area (Å²) in [5.74, 6) is 1.72. The fourth-order valence-electron chi connectivity index (χ4n) is 1.69. The maximum absolute atomic E-state index is 5.19. The predicted octanol–water partition coefficient (Wildman–Crippen LogP) is 4.06. The van der Waals surface area contributed by atoms with Crippen molar-refractivity contribution in [2.24, 2.45) is 0 Å². The molecule has 3 aromatic rings. The van der Waals surface area contributed by atoms with Gasteiger partial charge in [0.05, 0.1) is 21.9 Å². The van der Waals surface area contributed by atoms with Crippen LogP contribution in [-0.2, 0) is 0 Å². The summed E-state index contributed by atoms with van der Waals surface area (Å²) >= 11 is 5.10. The van der Waals surface area contributed by atoms with Crippen LogP contribution >= 0.6 is 27.3 Å². The number of rotatable bonds is 2. The van der Waals surface area contributed by atoms with E-state index in [1.807, 2.05) is 18.2 Å². The molecule has 2 heterocycles. The van der Waals surface area contributed by atoms with Crippen LogP contribution in [0.15, 0.2) is 33.4 Å². The van der Waals surface area contributed by atoms with Gasteiger partial charge >= 0.3 is 0 Å². The Labute approximate surface area is 111 Å². The lowest BCUT2D eigenvalue weighted by Gasteiger charge is -1.96. The first-order chi connectivity index (χ1) is 8.26. The third kappa shape index (κ3) is 1.96. The van der Waals surface area contributed by atoms with Crippen molar-refractivity contribution >= 4 is 38.3 Å². The number of halogens is 1. The third-order valence-electron chi connectivity index (χ3n) is 2.53. The second-order valence-corrected chi connectivity index (χ2v) is 5.90. The van der Waals surface area contributed by atoms with Gasteiger partial charge in [0.2, 0.25) is 0 Å². The second kappa shape index (κ2) is 4.16. The number of methoxy groups -OCH3 is 1. The minimum absolute atomic E-state index is 0.833. The van der Waals surface area contributed by atoms with Gasteiger partial charge in [0.1, 0.15) is 11.6 Å². The topological polar surface area (TPSA) is 37.9 Å². The minimum atomic E-state index is 0.833. The lowest BCUT2D eigenvalue weighted by Crippen LogP contribution is -1.81. The summed E-state index contributed by atoms with van der Waals surface area (Å²) in [6, 6.07) is 7.87. The molecule has 0 aliphatic carbocycles. The first-order valence-corrected chi connectivity index (χ1v) is 6.72. The van der Waals surface area contributed by atoms with Crippen LogP contribution in [0.3, 0.4) is 0 Å². The number of H-pyrrole nitrogens is 1. The Hall–Kier alpha value is -1.33. The molecule has 0 fully saturated rings. The number of thiophene rings is 1. The monoisotopic (exact) mass is 308 g/mol. The predicted molar refractivity (Wildman–Crippen MR) is 73.7 cm³/mol. The van der Waals surface area contributed by atoms with E-state index in [0.717, 1.165) is 32.0 Å². The zero-order valence-corrected chi connectivity index (χ0v) is 11.4. The molecule has 0 atom stereocenters. The SMILES string of the molecule is COc1ccc2nc(-c3csc(Br)c3)[nH]c2c1. The van der Waals surface area contributed by atoms with Gasteiger partial charge in [0.25, 0.3) is 0 Å². The fraction of sp³-hybridized carbons (Fsp3) is 0.0833. The number of nitrogens with zero attached hydrogens (tertiary/aromatic N) is 1. The van der Waals surface area contributed by atoms with Gasteiger partial charge in [-0.05, 0) is 34.1 Å². The van der Waals surface area contributed by atoms with Crippen LogP contribution in [0.1, 0.15) is 0 Å². The average molecular weight is 309 g/mol. The van der Waals surface area contributed by atoms with Crippen LogP contribution in [-0.4, -0.2) is 17.1 Å². The zero-order valence-electron chi connectivity index (χ0n) is 9.03. The first kappa shape index (κ1) is 10.8. The van der Waals surface area contributed by atoms with Crippen molar-refractivity contribution in [3.63, 3.8) is 0 Å². The van der Waals surface area contributed by atoms with Crippen LogP contribution in [0.25, 0.3) is 22.4 Å². The Morgan fingerprint density at radius 3 is 2.94 bits per heavy atom. The highest BCUT2D eigenvalue weighted by Gasteiger charge is 2.07. The molecule has 0 aliphatic heterocycles. The van der Waals surface area contributed by atoms with Crippen molar-refractivity contribution in [2.45, 2.75) is 0 Å². The number of aromatic nitrogens is 2. The van der Waals surface area contributed by atoms with Gasteiger partial charge in [-0.1, -0.05) is 0 Å². The van der Waals surface area contributed by atoms with Crippen LogP contribution < -0.4 is 4.74 Å². The molecule has 0 amide bonds. The van der Waals surface area contributed by atoms with Crippen molar-refractivity contribution < 1.29 is 4.74 Å². The van der Waals surface area contributed by atoms with E-state index in [-0.39, 0.29) is 0 Å². The summed E-state index contributed by atoms with van der Waals surface area (Å²) in [4.78, 5) is 7.84. The summed E-state index contributed by atoms with van der Waals surface area (Å²) in [5, 5.41) is 2.07. The van der Waals surface area contributed by atoms with E-state index in [4.69, 9.17) is 4.74 Å². The normalized spacial score (nSPS) is 10.9. The van der Waals surface area contributed by atoms with Gasteiger partial charge in [-0.15, -0.1) is 11.3 Å². The Bertz CT molecular complexity index is 674. The fourth-order valence-corrected chi connectivity index (χ4v) is 2.83. The Morgan fingerprint density at radius 1 is 1.35 bits per heavy atom. The Kier molecular flexibility index (Phi) is 2.64. The van der Waals surface area contributed by atoms with Gasteiger partial charge in [-0.2, -0.15) is 0 Å². The first-order valence-electron chi connectivity index (χ1n) is 5.04. The highest BCUT2D eigenvalue weighted by atomic mass is 79.9. The molecule has 0 aliphatic rings. The molecule has 0 spiro atoms.